The van der Waals surface area contributed by atoms with Crippen molar-refractivity contribution >= 4 is 52.1 Å². The second-order valence-corrected chi connectivity index (χ2v) is 5.11. The molecule has 0 saturated carbocycles. The number of carbonyl (C=O) groups is 2. The van der Waals surface area contributed by atoms with E-state index in [2.05, 4.69) is 10.3 Å². The van der Waals surface area contributed by atoms with Gasteiger partial charge in [-0.1, -0.05) is 23.2 Å². The van der Waals surface area contributed by atoms with Gasteiger partial charge < -0.3 is 10.4 Å². The molecule has 8 heteroatoms. The van der Waals surface area contributed by atoms with Crippen molar-refractivity contribution in [3.8, 4) is 0 Å². The van der Waals surface area contributed by atoms with E-state index in [1.807, 2.05) is 0 Å². The number of thiophene rings is 1. The van der Waals surface area contributed by atoms with E-state index in [0.717, 1.165) is 11.3 Å². The zero-order valence-electron chi connectivity index (χ0n) is 9.18. The lowest BCUT2D eigenvalue weighted by Gasteiger charge is -2.05. The molecule has 2 rings (SSSR count). The minimum atomic E-state index is -1.10. The molecule has 0 aromatic carbocycles. The molecule has 0 aliphatic heterocycles. The number of carbonyl (C=O) groups excluding carboxylic acids is 1. The van der Waals surface area contributed by atoms with Gasteiger partial charge >= 0.3 is 5.97 Å². The largest absolute Gasteiger partial charge is 0.477 e. The summed E-state index contributed by atoms with van der Waals surface area (Å²) in [6, 6.07) is 4.20. The smallest absolute Gasteiger partial charge is 0.348 e. The van der Waals surface area contributed by atoms with Crippen molar-refractivity contribution in [3.63, 3.8) is 0 Å². The normalized spacial score (nSPS) is 10.2. The maximum atomic E-state index is 11.9. The van der Waals surface area contributed by atoms with Gasteiger partial charge in [0.15, 0.2) is 0 Å². The zero-order chi connectivity index (χ0) is 14.0. The van der Waals surface area contributed by atoms with E-state index in [1.165, 1.54) is 18.2 Å². The number of aromatic carboxylic acids is 1. The third kappa shape index (κ3) is 3.23. The van der Waals surface area contributed by atoms with Gasteiger partial charge in [-0.25, -0.2) is 9.78 Å². The van der Waals surface area contributed by atoms with Gasteiger partial charge in [0.1, 0.15) is 15.2 Å². The summed E-state index contributed by atoms with van der Waals surface area (Å²) >= 11 is 12.4. The van der Waals surface area contributed by atoms with Crippen LogP contribution in [-0.4, -0.2) is 22.0 Å². The number of amides is 1. The van der Waals surface area contributed by atoms with Crippen LogP contribution in [0.3, 0.4) is 0 Å². The lowest BCUT2D eigenvalue weighted by atomic mass is 10.2. The molecule has 1 amide bonds. The zero-order valence-corrected chi connectivity index (χ0v) is 11.5. The average molecular weight is 317 g/mol. The van der Waals surface area contributed by atoms with Crippen LogP contribution in [0.5, 0.6) is 0 Å². The van der Waals surface area contributed by atoms with Crippen LogP contribution in [0, 0.1) is 0 Å². The third-order valence-corrected chi connectivity index (χ3v) is 3.42. The summed E-state index contributed by atoms with van der Waals surface area (Å²) in [6.45, 7) is 0. The number of carboxylic acids is 1. The third-order valence-electron chi connectivity index (χ3n) is 2.13. The first-order valence-corrected chi connectivity index (χ1v) is 6.56. The van der Waals surface area contributed by atoms with E-state index in [4.69, 9.17) is 28.3 Å². The highest BCUT2D eigenvalue weighted by Crippen LogP contribution is 2.23. The maximum Gasteiger partial charge on any atom is 0.348 e. The monoisotopic (exact) mass is 316 g/mol. The standard InChI is InChI=1S/C11H6Cl2N2O3S/c12-7-3-5(4-8(13)15-7)10(16)14-6-1-2-19-9(6)11(17)18/h1-4H,(H,14,16)(H,17,18). The summed E-state index contributed by atoms with van der Waals surface area (Å²) in [7, 11) is 0. The van der Waals surface area contributed by atoms with Crippen molar-refractivity contribution in [2.24, 2.45) is 0 Å². The Morgan fingerprint density at radius 3 is 2.47 bits per heavy atom. The van der Waals surface area contributed by atoms with Gasteiger partial charge in [-0.15, -0.1) is 11.3 Å². The molecule has 5 nitrogen and oxygen atoms in total. The highest BCUT2D eigenvalue weighted by molar-refractivity contribution is 7.12. The number of nitrogens with zero attached hydrogens (tertiary/aromatic N) is 1. The molecule has 98 valence electrons. The first-order chi connectivity index (χ1) is 8.97. The van der Waals surface area contributed by atoms with Gasteiger partial charge in [0, 0.05) is 5.56 Å². The quantitative estimate of drug-likeness (QED) is 0.850. The second-order valence-electron chi connectivity index (χ2n) is 3.42. The second kappa shape index (κ2) is 5.56. The average Bonchev–Trinajstić information content (AvgIpc) is 2.75. The molecular formula is C11H6Cl2N2O3S. The number of anilines is 1. The van der Waals surface area contributed by atoms with E-state index >= 15 is 0 Å². The van der Waals surface area contributed by atoms with Gasteiger partial charge in [-0.3, -0.25) is 4.79 Å². The number of hydrogen-bond acceptors (Lipinski definition) is 4. The van der Waals surface area contributed by atoms with Crippen molar-refractivity contribution in [1.29, 1.82) is 0 Å². The number of carboxylic acid groups (broad SMARTS) is 1. The van der Waals surface area contributed by atoms with E-state index < -0.39 is 11.9 Å². The van der Waals surface area contributed by atoms with Gasteiger partial charge in [0.05, 0.1) is 5.69 Å². The number of aromatic nitrogens is 1. The van der Waals surface area contributed by atoms with Crippen LogP contribution in [0.1, 0.15) is 20.0 Å². The Morgan fingerprint density at radius 1 is 1.26 bits per heavy atom. The van der Waals surface area contributed by atoms with Crippen molar-refractivity contribution in [2.45, 2.75) is 0 Å². The summed E-state index contributed by atoms with van der Waals surface area (Å²) in [5.74, 6) is -1.61. The Kier molecular flexibility index (Phi) is 4.04. The molecule has 0 atom stereocenters. The Bertz CT molecular complexity index is 637. The SMILES string of the molecule is O=C(Nc1ccsc1C(=O)O)c1cc(Cl)nc(Cl)c1. The topological polar surface area (TPSA) is 79.3 Å². The molecular weight excluding hydrogens is 311 g/mol. The molecule has 0 unspecified atom stereocenters. The molecule has 0 aliphatic carbocycles. The summed E-state index contributed by atoms with van der Waals surface area (Å²) in [5.41, 5.74) is 0.430. The molecule has 0 aliphatic rings. The molecule has 2 aromatic heterocycles. The Morgan fingerprint density at radius 2 is 1.89 bits per heavy atom. The minimum absolute atomic E-state index is 0.0552. The van der Waals surface area contributed by atoms with Crippen molar-refractivity contribution in [1.82, 2.24) is 4.98 Å². The molecule has 0 bridgehead atoms. The molecule has 19 heavy (non-hydrogen) atoms. The Balaban J connectivity index is 2.25. The van der Waals surface area contributed by atoms with Gasteiger partial charge in [0.2, 0.25) is 0 Å². The number of hydrogen-bond donors (Lipinski definition) is 2. The van der Waals surface area contributed by atoms with E-state index in [0.29, 0.717) is 0 Å². The van der Waals surface area contributed by atoms with Crippen LogP contribution in [0.15, 0.2) is 23.6 Å². The molecule has 0 spiro atoms. The number of rotatable bonds is 3. The van der Waals surface area contributed by atoms with Crippen molar-refractivity contribution in [2.75, 3.05) is 5.32 Å². The summed E-state index contributed by atoms with van der Waals surface area (Å²) in [6.07, 6.45) is 0. The van der Waals surface area contributed by atoms with Crippen molar-refractivity contribution < 1.29 is 14.7 Å². The maximum absolute atomic E-state index is 11.9. The van der Waals surface area contributed by atoms with E-state index in [9.17, 15) is 9.59 Å². The minimum Gasteiger partial charge on any atom is -0.477 e. The van der Waals surface area contributed by atoms with Crippen molar-refractivity contribution in [3.05, 3.63) is 44.3 Å². The fraction of sp³-hybridized carbons (Fsp3) is 0. The predicted molar refractivity (Wildman–Crippen MR) is 73.5 cm³/mol. The molecule has 0 radical (unpaired) electrons. The van der Waals surface area contributed by atoms with Gasteiger partial charge in [-0.05, 0) is 23.6 Å². The molecule has 0 saturated heterocycles. The number of halogens is 2. The first-order valence-electron chi connectivity index (χ1n) is 4.92. The van der Waals surface area contributed by atoms with Gasteiger partial charge in [0.25, 0.3) is 5.91 Å². The van der Waals surface area contributed by atoms with Crippen LogP contribution < -0.4 is 5.32 Å². The lowest BCUT2D eigenvalue weighted by Crippen LogP contribution is -2.13. The predicted octanol–water partition coefficient (Wildman–Crippen LogP) is 3.40. The highest BCUT2D eigenvalue weighted by atomic mass is 35.5. The van der Waals surface area contributed by atoms with Crippen LogP contribution in [0.4, 0.5) is 5.69 Å². The van der Waals surface area contributed by atoms with Gasteiger partial charge in [-0.2, -0.15) is 0 Å². The highest BCUT2D eigenvalue weighted by Gasteiger charge is 2.15. The fourth-order valence-corrected chi connectivity index (χ4v) is 2.51. The first kappa shape index (κ1) is 13.8. The summed E-state index contributed by atoms with van der Waals surface area (Å²) in [4.78, 5) is 26.6. The van der Waals surface area contributed by atoms with E-state index in [1.54, 1.807) is 5.38 Å². The molecule has 2 aromatic rings. The molecule has 2 heterocycles. The molecule has 0 fully saturated rings. The molecule has 2 N–H and O–H groups in total. The fourth-order valence-electron chi connectivity index (χ4n) is 1.36. The van der Waals surface area contributed by atoms with Crippen LogP contribution in [0.2, 0.25) is 10.3 Å². The summed E-state index contributed by atoms with van der Waals surface area (Å²) in [5, 5.41) is 13.2. The van der Waals surface area contributed by atoms with Crippen LogP contribution in [0.25, 0.3) is 0 Å². The Hall–Kier alpha value is -1.63. The number of nitrogens with one attached hydrogen (secondary N) is 1. The Labute approximate surface area is 121 Å². The lowest BCUT2D eigenvalue weighted by molar-refractivity contribution is 0.0703. The van der Waals surface area contributed by atoms with Crippen LogP contribution >= 0.6 is 34.5 Å². The van der Waals surface area contributed by atoms with Crippen LogP contribution in [-0.2, 0) is 0 Å². The summed E-state index contributed by atoms with van der Waals surface area (Å²) < 4.78 is 0. The number of pyridine rings is 1. The van der Waals surface area contributed by atoms with E-state index in [-0.39, 0.29) is 26.4 Å².